The number of carbonyl (C=O) groups excluding carboxylic acids is 1. The summed E-state index contributed by atoms with van der Waals surface area (Å²) < 4.78 is 1.65. The second-order valence-electron chi connectivity index (χ2n) is 5.68. The highest BCUT2D eigenvalue weighted by Crippen LogP contribution is 2.17. The van der Waals surface area contributed by atoms with Crippen LogP contribution >= 0.6 is 0 Å². The van der Waals surface area contributed by atoms with Gasteiger partial charge in [-0.15, -0.1) is 0 Å². The van der Waals surface area contributed by atoms with Crippen LogP contribution in [0.5, 0.6) is 0 Å². The molecule has 1 fully saturated rings. The van der Waals surface area contributed by atoms with E-state index in [1.54, 1.807) is 29.1 Å². The molecular formula is C16H19N3O3. The highest BCUT2D eigenvalue weighted by molar-refractivity contribution is 5.93. The third-order valence-electron chi connectivity index (χ3n) is 4.13. The minimum absolute atomic E-state index is 0.0780. The van der Waals surface area contributed by atoms with E-state index in [1.165, 1.54) is 12.8 Å². The van der Waals surface area contributed by atoms with Crippen LogP contribution in [0, 0.1) is 0 Å². The summed E-state index contributed by atoms with van der Waals surface area (Å²) in [6.07, 6.45) is 6.11. The molecule has 0 saturated carbocycles. The number of hydrogen-bond donors (Lipinski definition) is 1. The van der Waals surface area contributed by atoms with Gasteiger partial charge in [0.25, 0.3) is 0 Å². The maximum Gasteiger partial charge on any atom is 0.335 e. The number of carboxylic acid groups (broad SMARTS) is 1. The molecule has 1 saturated heterocycles. The zero-order valence-electron chi connectivity index (χ0n) is 12.4. The zero-order chi connectivity index (χ0) is 15.5. The minimum atomic E-state index is -0.963. The molecule has 1 aliphatic heterocycles. The number of amides is 1. The van der Waals surface area contributed by atoms with E-state index in [1.807, 2.05) is 4.90 Å². The Balaban J connectivity index is 1.78. The average molecular weight is 301 g/mol. The number of fused-ring (bicyclic) bond motifs is 1. The molecule has 0 atom stereocenters. The van der Waals surface area contributed by atoms with E-state index in [2.05, 4.69) is 5.10 Å². The van der Waals surface area contributed by atoms with Crippen LogP contribution in [0.2, 0.25) is 0 Å². The lowest BCUT2D eigenvalue weighted by Crippen LogP contribution is -2.34. The molecular weight excluding hydrogens is 282 g/mol. The van der Waals surface area contributed by atoms with Crippen molar-refractivity contribution in [3.05, 3.63) is 30.0 Å². The topological polar surface area (TPSA) is 75.4 Å². The normalized spacial score (nSPS) is 15.7. The molecule has 0 unspecified atom stereocenters. The molecule has 0 bridgehead atoms. The van der Waals surface area contributed by atoms with Crippen LogP contribution in [0.4, 0.5) is 0 Å². The van der Waals surface area contributed by atoms with Crippen molar-refractivity contribution in [2.24, 2.45) is 0 Å². The van der Waals surface area contributed by atoms with Gasteiger partial charge < -0.3 is 10.0 Å². The minimum Gasteiger partial charge on any atom is -0.478 e. The predicted octanol–water partition coefficient (Wildman–Crippen LogP) is 2.14. The van der Waals surface area contributed by atoms with Crippen LogP contribution in [0.15, 0.2) is 24.4 Å². The van der Waals surface area contributed by atoms with Crippen molar-refractivity contribution in [3.8, 4) is 0 Å². The van der Waals surface area contributed by atoms with E-state index in [0.29, 0.717) is 0 Å². The van der Waals surface area contributed by atoms with Crippen LogP contribution in [0.25, 0.3) is 10.9 Å². The Morgan fingerprint density at radius 2 is 1.86 bits per heavy atom. The van der Waals surface area contributed by atoms with Crippen molar-refractivity contribution >= 4 is 22.8 Å². The van der Waals surface area contributed by atoms with Crippen molar-refractivity contribution in [1.29, 1.82) is 0 Å². The number of benzene rings is 1. The van der Waals surface area contributed by atoms with Gasteiger partial charge in [-0.25, -0.2) is 4.79 Å². The van der Waals surface area contributed by atoms with Gasteiger partial charge in [0.15, 0.2) is 0 Å². The Hall–Kier alpha value is -2.37. The van der Waals surface area contributed by atoms with E-state index < -0.39 is 5.97 Å². The van der Waals surface area contributed by atoms with Gasteiger partial charge in [0, 0.05) is 18.5 Å². The number of aromatic carboxylic acids is 1. The standard InChI is InChI=1S/C16H19N3O3/c20-15(18-7-3-1-2-4-8-18)11-19-14-6-5-12(16(21)22)9-13(14)10-17-19/h5-6,9-10H,1-4,7-8,11H2,(H,21,22). The second-order valence-corrected chi connectivity index (χ2v) is 5.68. The first-order valence-electron chi connectivity index (χ1n) is 7.62. The summed E-state index contributed by atoms with van der Waals surface area (Å²) in [5, 5.41) is 14.0. The summed E-state index contributed by atoms with van der Waals surface area (Å²) in [7, 11) is 0. The largest absolute Gasteiger partial charge is 0.478 e. The molecule has 116 valence electrons. The lowest BCUT2D eigenvalue weighted by atomic mass is 10.1. The number of aromatic nitrogens is 2. The predicted molar refractivity (Wildman–Crippen MR) is 81.7 cm³/mol. The van der Waals surface area contributed by atoms with E-state index >= 15 is 0 Å². The summed E-state index contributed by atoms with van der Waals surface area (Å²) >= 11 is 0. The quantitative estimate of drug-likeness (QED) is 0.942. The molecule has 22 heavy (non-hydrogen) atoms. The van der Waals surface area contributed by atoms with E-state index in [-0.39, 0.29) is 18.0 Å². The molecule has 1 aromatic heterocycles. The fraction of sp³-hybridized carbons (Fsp3) is 0.438. The Kier molecular flexibility index (Phi) is 4.09. The van der Waals surface area contributed by atoms with Crippen LogP contribution in [-0.2, 0) is 11.3 Å². The van der Waals surface area contributed by atoms with Gasteiger partial charge >= 0.3 is 5.97 Å². The maximum atomic E-state index is 12.4. The van der Waals surface area contributed by atoms with Gasteiger partial charge in [-0.1, -0.05) is 12.8 Å². The monoisotopic (exact) mass is 301 g/mol. The van der Waals surface area contributed by atoms with Crippen molar-refractivity contribution in [3.63, 3.8) is 0 Å². The Morgan fingerprint density at radius 3 is 2.55 bits per heavy atom. The highest BCUT2D eigenvalue weighted by atomic mass is 16.4. The third kappa shape index (κ3) is 2.95. The van der Waals surface area contributed by atoms with Gasteiger partial charge in [0.1, 0.15) is 6.54 Å². The molecule has 6 heteroatoms. The number of hydrogen-bond acceptors (Lipinski definition) is 3. The first kappa shape index (κ1) is 14.6. The third-order valence-corrected chi connectivity index (χ3v) is 4.13. The van der Waals surface area contributed by atoms with Gasteiger partial charge in [0.05, 0.1) is 17.3 Å². The molecule has 0 radical (unpaired) electrons. The molecule has 6 nitrogen and oxygen atoms in total. The van der Waals surface area contributed by atoms with Gasteiger partial charge in [-0.05, 0) is 31.0 Å². The Bertz CT molecular complexity index is 700. The van der Waals surface area contributed by atoms with Gasteiger partial charge in [0.2, 0.25) is 5.91 Å². The van der Waals surface area contributed by atoms with Crippen LogP contribution in [0.1, 0.15) is 36.0 Å². The molecule has 1 aliphatic rings. The van der Waals surface area contributed by atoms with Crippen molar-refractivity contribution < 1.29 is 14.7 Å². The summed E-state index contributed by atoms with van der Waals surface area (Å²) in [5.74, 6) is -0.885. The molecule has 1 amide bonds. The van der Waals surface area contributed by atoms with Gasteiger partial charge in [-0.2, -0.15) is 5.10 Å². The summed E-state index contributed by atoms with van der Waals surface area (Å²) in [6, 6.07) is 4.83. The lowest BCUT2D eigenvalue weighted by molar-refractivity contribution is -0.131. The fourth-order valence-corrected chi connectivity index (χ4v) is 2.89. The van der Waals surface area contributed by atoms with Crippen LogP contribution in [-0.4, -0.2) is 44.8 Å². The van der Waals surface area contributed by atoms with E-state index in [0.717, 1.165) is 36.8 Å². The second kappa shape index (κ2) is 6.17. The van der Waals surface area contributed by atoms with Crippen LogP contribution in [0.3, 0.4) is 0 Å². The molecule has 2 heterocycles. The molecule has 0 aliphatic carbocycles. The Morgan fingerprint density at radius 1 is 1.14 bits per heavy atom. The SMILES string of the molecule is O=C(O)c1ccc2c(cnn2CC(=O)N2CCCCCC2)c1. The number of carboxylic acids is 1. The average Bonchev–Trinajstić information content (AvgIpc) is 2.73. The zero-order valence-corrected chi connectivity index (χ0v) is 12.4. The first-order valence-corrected chi connectivity index (χ1v) is 7.62. The lowest BCUT2D eigenvalue weighted by Gasteiger charge is -2.20. The molecule has 2 aromatic rings. The summed E-state index contributed by atoms with van der Waals surface area (Å²) in [6.45, 7) is 1.85. The molecule has 0 spiro atoms. The number of carbonyl (C=O) groups is 2. The smallest absolute Gasteiger partial charge is 0.335 e. The number of likely N-dealkylation sites (tertiary alicyclic amines) is 1. The van der Waals surface area contributed by atoms with Crippen molar-refractivity contribution in [1.82, 2.24) is 14.7 Å². The molecule has 1 aromatic carbocycles. The number of rotatable bonds is 3. The summed E-state index contributed by atoms with van der Waals surface area (Å²) in [5.41, 5.74) is 1.01. The molecule has 1 N–H and O–H groups in total. The first-order chi connectivity index (χ1) is 10.6. The highest BCUT2D eigenvalue weighted by Gasteiger charge is 2.17. The molecule has 3 rings (SSSR count). The van der Waals surface area contributed by atoms with Crippen molar-refractivity contribution in [2.45, 2.75) is 32.2 Å². The van der Waals surface area contributed by atoms with Gasteiger partial charge in [-0.3, -0.25) is 9.48 Å². The van der Waals surface area contributed by atoms with Crippen LogP contribution < -0.4 is 0 Å². The summed E-state index contributed by atoms with van der Waals surface area (Å²) in [4.78, 5) is 25.3. The Labute approximate surface area is 128 Å². The number of nitrogens with zero attached hydrogens (tertiary/aromatic N) is 3. The van der Waals surface area contributed by atoms with E-state index in [9.17, 15) is 9.59 Å². The maximum absolute atomic E-state index is 12.4. The fourth-order valence-electron chi connectivity index (χ4n) is 2.89. The van der Waals surface area contributed by atoms with E-state index in [4.69, 9.17) is 5.11 Å². The van der Waals surface area contributed by atoms with Crippen molar-refractivity contribution in [2.75, 3.05) is 13.1 Å².